The molecule has 194 valence electrons. The number of imidazole rings is 1. The molecule has 9 nitrogen and oxygen atoms in total. The van der Waals surface area contributed by atoms with Gasteiger partial charge in [0.15, 0.2) is 0 Å². The number of hydrogen-bond acceptors (Lipinski definition) is 9. The fourth-order valence-corrected chi connectivity index (χ4v) is 5.92. The minimum Gasteiger partial charge on any atom is -0.508 e. The molecular weight excluding hydrogens is 588 g/mol. The molecule has 3 aromatic heterocycles. The third kappa shape index (κ3) is 5.06. The minimum atomic E-state index is -0.419. The van der Waals surface area contributed by atoms with Crippen LogP contribution in [0, 0.1) is 6.92 Å². The van der Waals surface area contributed by atoms with Gasteiger partial charge in [-0.1, -0.05) is 57.7 Å². The Kier molecular flexibility index (Phi) is 7.54. The lowest BCUT2D eigenvalue weighted by atomic mass is 10.1. The van der Waals surface area contributed by atoms with E-state index < -0.39 is 5.97 Å². The summed E-state index contributed by atoms with van der Waals surface area (Å²) in [4.78, 5) is 19.1. The zero-order chi connectivity index (χ0) is 26.8. The maximum Gasteiger partial charge on any atom is 0.350 e. The van der Waals surface area contributed by atoms with E-state index in [1.807, 2.05) is 35.8 Å². The number of hydrogen-bond donors (Lipinski definition) is 1. The van der Waals surface area contributed by atoms with Crippen molar-refractivity contribution in [1.82, 2.24) is 19.2 Å². The summed E-state index contributed by atoms with van der Waals surface area (Å²) >= 11 is 6.21. The second-order valence-electron chi connectivity index (χ2n) is 8.11. The van der Waals surface area contributed by atoms with Gasteiger partial charge < -0.3 is 9.84 Å². The van der Waals surface area contributed by atoms with Crippen molar-refractivity contribution >= 4 is 55.7 Å². The summed E-state index contributed by atoms with van der Waals surface area (Å²) < 4.78 is 9.82. The van der Waals surface area contributed by atoms with E-state index in [0.29, 0.717) is 21.1 Å². The van der Waals surface area contributed by atoms with E-state index in [0.717, 1.165) is 37.8 Å². The van der Waals surface area contributed by atoms with Gasteiger partial charge in [0, 0.05) is 21.4 Å². The number of benzene rings is 2. The standard InChI is InChI=1S/C26H23BrN6O3S2/c1-4-21-31-33-20(22(29-25(33)37-21)16-6-8-17(27)9-7-16)14-28-30-26-32(18-10-12-19(34)13-11-18)15(3)23(38-26)24(35)36-5-2/h6-14,34H,4-5H2,1-3H3/b28-14+,30-26-. The Morgan fingerprint density at radius 3 is 2.55 bits per heavy atom. The van der Waals surface area contributed by atoms with Crippen LogP contribution in [-0.2, 0) is 11.2 Å². The lowest BCUT2D eigenvalue weighted by molar-refractivity contribution is 0.0530. The van der Waals surface area contributed by atoms with Crippen LogP contribution in [0.2, 0.25) is 0 Å². The number of aromatic hydroxyl groups is 1. The molecule has 5 rings (SSSR count). The third-order valence-electron chi connectivity index (χ3n) is 5.64. The van der Waals surface area contributed by atoms with Crippen LogP contribution in [0.25, 0.3) is 21.9 Å². The van der Waals surface area contributed by atoms with Crippen molar-refractivity contribution in [2.45, 2.75) is 27.2 Å². The van der Waals surface area contributed by atoms with Gasteiger partial charge in [0.1, 0.15) is 27.0 Å². The molecule has 0 spiro atoms. The van der Waals surface area contributed by atoms with E-state index >= 15 is 0 Å². The number of halogens is 1. The van der Waals surface area contributed by atoms with E-state index in [4.69, 9.17) is 14.8 Å². The van der Waals surface area contributed by atoms with Crippen molar-refractivity contribution in [3.05, 3.63) is 79.1 Å². The zero-order valence-electron chi connectivity index (χ0n) is 20.8. The number of aryl methyl sites for hydroxylation is 1. The highest BCUT2D eigenvalue weighted by Crippen LogP contribution is 2.27. The topological polar surface area (TPSA) is 106 Å². The number of phenols is 1. The van der Waals surface area contributed by atoms with Crippen LogP contribution in [0.4, 0.5) is 0 Å². The molecule has 0 saturated carbocycles. The molecule has 0 unspecified atom stereocenters. The summed E-state index contributed by atoms with van der Waals surface area (Å²) in [6.07, 6.45) is 2.44. The van der Waals surface area contributed by atoms with Crippen LogP contribution in [0.1, 0.15) is 39.9 Å². The molecule has 1 N–H and O–H groups in total. The van der Waals surface area contributed by atoms with Crippen LogP contribution >= 0.6 is 38.6 Å². The maximum atomic E-state index is 12.6. The van der Waals surface area contributed by atoms with E-state index in [2.05, 4.69) is 33.1 Å². The molecule has 0 aliphatic rings. The van der Waals surface area contributed by atoms with E-state index in [-0.39, 0.29) is 12.4 Å². The molecule has 0 bridgehead atoms. The number of nitrogens with zero attached hydrogens (tertiary/aromatic N) is 6. The second-order valence-corrected chi connectivity index (χ2v) is 11.0. The van der Waals surface area contributed by atoms with E-state index in [1.165, 1.54) is 22.7 Å². The minimum absolute atomic E-state index is 0.143. The second kappa shape index (κ2) is 11.0. The number of aromatic nitrogens is 4. The van der Waals surface area contributed by atoms with E-state index in [9.17, 15) is 9.90 Å². The van der Waals surface area contributed by atoms with Gasteiger partial charge in [0.25, 0.3) is 0 Å². The normalized spacial score (nSPS) is 12.2. The number of thiazole rings is 1. The van der Waals surface area contributed by atoms with Gasteiger partial charge in [0.05, 0.1) is 12.8 Å². The van der Waals surface area contributed by atoms with E-state index in [1.54, 1.807) is 41.9 Å². The molecule has 0 aliphatic carbocycles. The molecule has 0 amide bonds. The molecular formula is C26H23BrN6O3S2. The van der Waals surface area contributed by atoms with Crippen LogP contribution in [0.5, 0.6) is 5.75 Å². The summed E-state index contributed by atoms with van der Waals surface area (Å²) in [6, 6.07) is 14.6. The Balaban J connectivity index is 1.64. The lowest BCUT2D eigenvalue weighted by Gasteiger charge is -2.06. The number of rotatable bonds is 7. The number of carbonyl (C=O) groups excluding carboxylic acids is 1. The Bertz CT molecular complexity index is 1710. The zero-order valence-corrected chi connectivity index (χ0v) is 24.0. The molecule has 0 fully saturated rings. The van der Waals surface area contributed by atoms with Gasteiger partial charge in [0.2, 0.25) is 9.76 Å². The third-order valence-corrected chi connectivity index (χ3v) is 8.34. The quantitative estimate of drug-likeness (QED) is 0.143. The van der Waals surface area contributed by atoms with Crippen molar-refractivity contribution in [2.24, 2.45) is 10.2 Å². The highest BCUT2D eigenvalue weighted by molar-refractivity contribution is 9.10. The largest absolute Gasteiger partial charge is 0.508 e. The molecule has 3 heterocycles. The fraction of sp³-hybridized carbons (Fsp3) is 0.192. The highest BCUT2D eigenvalue weighted by atomic mass is 79.9. The number of ether oxygens (including phenoxy) is 1. The van der Waals surface area contributed by atoms with Crippen LogP contribution in [0.3, 0.4) is 0 Å². The SMILES string of the molecule is CCOC(=O)c1s/c(=N\N=C\c2c(-c3ccc(Br)cc3)nc3sc(CC)nn23)n(-c2ccc(O)cc2)c1C. The van der Waals surface area contributed by atoms with Crippen LogP contribution in [-0.4, -0.2) is 43.1 Å². The highest BCUT2D eigenvalue weighted by Gasteiger charge is 2.20. The summed E-state index contributed by atoms with van der Waals surface area (Å²) in [6.45, 7) is 5.91. The van der Waals surface area contributed by atoms with Gasteiger partial charge in [-0.25, -0.2) is 14.3 Å². The van der Waals surface area contributed by atoms with Crippen molar-refractivity contribution in [3.63, 3.8) is 0 Å². The summed E-state index contributed by atoms with van der Waals surface area (Å²) in [7, 11) is 0. The Morgan fingerprint density at radius 1 is 1.13 bits per heavy atom. The first-order valence-corrected chi connectivity index (χ1v) is 14.2. The molecule has 12 heteroatoms. The lowest BCUT2D eigenvalue weighted by Crippen LogP contribution is -2.14. The Morgan fingerprint density at radius 2 is 1.87 bits per heavy atom. The van der Waals surface area contributed by atoms with Gasteiger partial charge in [-0.3, -0.25) is 4.57 Å². The van der Waals surface area contributed by atoms with Crippen LogP contribution < -0.4 is 4.80 Å². The summed E-state index contributed by atoms with van der Waals surface area (Å²) in [5.74, 6) is -0.276. The van der Waals surface area contributed by atoms with Gasteiger partial charge in [-0.05, 0) is 56.7 Å². The molecule has 38 heavy (non-hydrogen) atoms. The average Bonchev–Trinajstić information content (AvgIpc) is 3.57. The van der Waals surface area contributed by atoms with Gasteiger partial charge in [-0.15, -0.1) is 5.10 Å². The first kappa shape index (κ1) is 26.0. The molecule has 0 aliphatic heterocycles. The first-order chi connectivity index (χ1) is 18.4. The Hall–Kier alpha value is -3.61. The molecule has 0 radical (unpaired) electrons. The van der Waals surface area contributed by atoms with Crippen molar-refractivity contribution in [2.75, 3.05) is 6.61 Å². The molecule has 5 aromatic rings. The van der Waals surface area contributed by atoms with Crippen molar-refractivity contribution in [1.29, 1.82) is 0 Å². The average molecular weight is 612 g/mol. The molecule has 0 saturated heterocycles. The predicted octanol–water partition coefficient (Wildman–Crippen LogP) is 5.76. The predicted molar refractivity (Wildman–Crippen MR) is 153 cm³/mol. The van der Waals surface area contributed by atoms with Crippen molar-refractivity contribution < 1.29 is 14.6 Å². The monoisotopic (exact) mass is 610 g/mol. The molecule has 2 aromatic carbocycles. The summed E-state index contributed by atoms with van der Waals surface area (Å²) in [5.41, 5.74) is 3.79. The fourth-order valence-electron chi connectivity index (χ4n) is 3.83. The van der Waals surface area contributed by atoms with Crippen molar-refractivity contribution in [3.8, 4) is 22.7 Å². The smallest absolute Gasteiger partial charge is 0.350 e. The number of phenolic OH excluding ortho intramolecular Hbond substituents is 1. The number of carbonyl (C=O) groups is 1. The maximum absolute atomic E-state index is 12.6. The first-order valence-electron chi connectivity index (χ1n) is 11.8. The van der Waals surface area contributed by atoms with Gasteiger partial charge in [-0.2, -0.15) is 10.2 Å². The van der Waals surface area contributed by atoms with Crippen LogP contribution in [0.15, 0.2) is 63.2 Å². The number of fused-ring (bicyclic) bond motifs is 1. The number of esters is 1. The van der Waals surface area contributed by atoms with Gasteiger partial charge >= 0.3 is 5.97 Å². The Labute approximate surface area is 234 Å². The molecule has 0 atom stereocenters. The summed E-state index contributed by atoms with van der Waals surface area (Å²) in [5, 5.41) is 24.3.